The number of carbonyl (C=O) groups excluding carboxylic acids is 1. The summed E-state index contributed by atoms with van der Waals surface area (Å²) in [6.45, 7) is 3.52. The number of rotatable bonds is 5. The van der Waals surface area contributed by atoms with Crippen LogP contribution in [0.2, 0.25) is 0 Å². The molecule has 0 aromatic carbocycles. The Bertz CT molecular complexity index is 286. The third kappa shape index (κ3) is 4.33. The van der Waals surface area contributed by atoms with Gasteiger partial charge in [0, 0.05) is 32.6 Å². The second kappa shape index (κ2) is 7.41. The van der Waals surface area contributed by atoms with Gasteiger partial charge in [0.1, 0.15) is 6.10 Å². The summed E-state index contributed by atoms with van der Waals surface area (Å²) in [5.41, 5.74) is 0. The molecule has 0 aromatic heterocycles. The maximum Gasteiger partial charge on any atom is 0.223 e. The van der Waals surface area contributed by atoms with Crippen LogP contribution in [0.25, 0.3) is 0 Å². The number of hydrogen-bond acceptors (Lipinski definition) is 3. The van der Waals surface area contributed by atoms with Gasteiger partial charge in [-0.3, -0.25) is 4.79 Å². The lowest BCUT2D eigenvalue weighted by Gasteiger charge is -2.27. The van der Waals surface area contributed by atoms with Crippen molar-refractivity contribution in [1.29, 1.82) is 0 Å². The number of allylic oxidation sites excluding steroid dienone is 1. The number of amides is 1. The van der Waals surface area contributed by atoms with Crippen molar-refractivity contribution < 1.29 is 9.53 Å². The Labute approximate surface area is 109 Å². The smallest absolute Gasteiger partial charge is 0.223 e. The van der Waals surface area contributed by atoms with Crippen LogP contribution in [-0.4, -0.2) is 43.1 Å². The topological polar surface area (TPSA) is 41.6 Å². The third-order valence-corrected chi connectivity index (χ3v) is 3.62. The summed E-state index contributed by atoms with van der Waals surface area (Å²) in [5.74, 6) is 0.298. The molecule has 1 atom stereocenters. The van der Waals surface area contributed by atoms with Gasteiger partial charge in [-0.05, 0) is 38.2 Å². The Hall–Kier alpha value is -1.03. The largest absolute Gasteiger partial charge is 0.497 e. The highest BCUT2D eigenvalue weighted by Gasteiger charge is 2.16. The zero-order chi connectivity index (χ0) is 12.6. The van der Waals surface area contributed by atoms with Gasteiger partial charge in [-0.1, -0.05) is 0 Å². The Morgan fingerprint density at radius 3 is 2.89 bits per heavy atom. The van der Waals surface area contributed by atoms with Gasteiger partial charge in [0.15, 0.2) is 0 Å². The quantitative estimate of drug-likeness (QED) is 0.757. The number of nitrogens with zero attached hydrogens (tertiary/aromatic N) is 1. The van der Waals surface area contributed by atoms with E-state index < -0.39 is 0 Å². The van der Waals surface area contributed by atoms with Crippen LogP contribution in [0, 0.1) is 0 Å². The van der Waals surface area contributed by atoms with Crippen LogP contribution in [0.15, 0.2) is 12.3 Å². The lowest BCUT2D eigenvalue weighted by Crippen LogP contribution is -2.38. The Morgan fingerprint density at radius 2 is 2.17 bits per heavy atom. The second-order valence-corrected chi connectivity index (χ2v) is 5.10. The molecule has 2 rings (SSSR count). The van der Waals surface area contributed by atoms with Crippen molar-refractivity contribution in [1.82, 2.24) is 10.2 Å². The minimum absolute atomic E-state index is 0.278. The summed E-state index contributed by atoms with van der Waals surface area (Å²) >= 11 is 0. The summed E-state index contributed by atoms with van der Waals surface area (Å²) in [5, 5.41) is 3.32. The summed E-state index contributed by atoms with van der Waals surface area (Å²) in [4.78, 5) is 13.9. The number of nitrogens with one attached hydrogen (secondary N) is 1. The Balaban J connectivity index is 1.54. The van der Waals surface area contributed by atoms with Gasteiger partial charge < -0.3 is 15.0 Å². The first-order chi connectivity index (χ1) is 8.86. The molecule has 2 aliphatic rings. The first-order valence-electron chi connectivity index (χ1n) is 7.15. The molecular weight excluding hydrogens is 228 g/mol. The molecule has 1 unspecified atom stereocenters. The minimum Gasteiger partial charge on any atom is -0.497 e. The van der Waals surface area contributed by atoms with Crippen LogP contribution >= 0.6 is 0 Å². The lowest BCUT2D eigenvalue weighted by molar-refractivity contribution is -0.132. The van der Waals surface area contributed by atoms with Crippen molar-refractivity contribution in [2.24, 2.45) is 0 Å². The molecule has 102 valence electrons. The van der Waals surface area contributed by atoms with E-state index in [2.05, 4.69) is 11.4 Å². The molecule has 4 heteroatoms. The molecule has 0 bridgehead atoms. The van der Waals surface area contributed by atoms with Gasteiger partial charge in [-0.15, -0.1) is 0 Å². The number of ether oxygens (including phenoxy) is 1. The fourth-order valence-corrected chi connectivity index (χ4v) is 2.49. The predicted molar refractivity (Wildman–Crippen MR) is 71.2 cm³/mol. The summed E-state index contributed by atoms with van der Waals surface area (Å²) in [6.07, 6.45) is 10.5. The highest BCUT2D eigenvalue weighted by molar-refractivity contribution is 5.76. The minimum atomic E-state index is 0.278. The number of hydrogen-bond donors (Lipinski definition) is 1. The van der Waals surface area contributed by atoms with Crippen LogP contribution in [-0.2, 0) is 9.53 Å². The van der Waals surface area contributed by atoms with E-state index in [1.165, 1.54) is 19.3 Å². The van der Waals surface area contributed by atoms with Crippen LogP contribution in [0.3, 0.4) is 0 Å². The average molecular weight is 252 g/mol. The van der Waals surface area contributed by atoms with Crippen molar-refractivity contribution in [2.45, 2.75) is 44.6 Å². The molecule has 0 aliphatic carbocycles. The van der Waals surface area contributed by atoms with Gasteiger partial charge in [0.25, 0.3) is 0 Å². The molecule has 0 aromatic rings. The highest BCUT2D eigenvalue weighted by Crippen LogP contribution is 2.10. The van der Waals surface area contributed by atoms with Crippen LogP contribution in [0.4, 0.5) is 0 Å². The summed E-state index contributed by atoms with van der Waals surface area (Å²) in [6, 6.07) is 0. The zero-order valence-electron chi connectivity index (χ0n) is 11.1. The second-order valence-electron chi connectivity index (χ2n) is 5.10. The SMILES string of the molecule is O=C(CCNCC1CCC=CO1)N1CCCCC1. The van der Waals surface area contributed by atoms with Crippen molar-refractivity contribution >= 4 is 5.91 Å². The molecule has 1 amide bonds. The predicted octanol–water partition coefficient (Wildman–Crippen LogP) is 1.67. The zero-order valence-corrected chi connectivity index (χ0v) is 11.1. The summed E-state index contributed by atoms with van der Waals surface area (Å²) < 4.78 is 5.46. The number of likely N-dealkylation sites (tertiary alicyclic amines) is 1. The molecule has 1 N–H and O–H groups in total. The van der Waals surface area contributed by atoms with E-state index in [9.17, 15) is 4.79 Å². The van der Waals surface area contributed by atoms with Crippen LogP contribution in [0.1, 0.15) is 38.5 Å². The van der Waals surface area contributed by atoms with Crippen LogP contribution in [0.5, 0.6) is 0 Å². The first-order valence-corrected chi connectivity index (χ1v) is 7.15. The monoisotopic (exact) mass is 252 g/mol. The average Bonchev–Trinajstić information content (AvgIpc) is 2.45. The molecule has 18 heavy (non-hydrogen) atoms. The molecule has 1 saturated heterocycles. The molecule has 0 radical (unpaired) electrons. The maximum atomic E-state index is 11.9. The van der Waals surface area contributed by atoms with Gasteiger partial charge in [0.05, 0.1) is 6.26 Å². The van der Waals surface area contributed by atoms with E-state index in [-0.39, 0.29) is 6.10 Å². The van der Waals surface area contributed by atoms with Gasteiger partial charge in [-0.2, -0.15) is 0 Å². The lowest BCUT2D eigenvalue weighted by atomic mass is 10.1. The van der Waals surface area contributed by atoms with Gasteiger partial charge in [0.2, 0.25) is 5.91 Å². The van der Waals surface area contributed by atoms with E-state index >= 15 is 0 Å². The number of piperidine rings is 1. The first kappa shape index (κ1) is 13.4. The van der Waals surface area contributed by atoms with E-state index in [0.29, 0.717) is 12.3 Å². The third-order valence-electron chi connectivity index (χ3n) is 3.62. The molecular formula is C14H24N2O2. The van der Waals surface area contributed by atoms with Gasteiger partial charge in [-0.25, -0.2) is 0 Å². The maximum absolute atomic E-state index is 11.9. The molecule has 4 nitrogen and oxygen atoms in total. The van der Waals surface area contributed by atoms with Crippen molar-refractivity contribution in [3.63, 3.8) is 0 Å². The number of carbonyl (C=O) groups is 1. The van der Waals surface area contributed by atoms with E-state index in [1.54, 1.807) is 6.26 Å². The van der Waals surface area contributed by atoms with Gasteiger partial charge >= 0.3 is 0 Å². The van der Waals surface area contributed by atoms with E-state index in [0.717, 1.165) is 39.0 Å². The normalized spacial score (nSPS) is 23.8. The molecule has 0 saturated carbocycles. The fraction of sp³-hybridized carbons (Fsp3) is 0.786. The Kier molecular flexibility index (Phi) is 5.52. The van der Waals surface area contributed by atoms with E-state index in [1.807, 2.05) is 4.90 Å². The molecule has 2 aliphatic heterocycles. The Morgan fingerprint density at radius 1 is 1.33 bits per heavy atom. The molecule has 1 fully saturated rings. The van der Waals surface area contributed by atoms with Crippen LogP contribution < -0.4 is 5.32 Å². The fourth-order valence-electron chi connectivity index (χ4n) is 2.49. The van der Waals surface area contributed by atoms with Crippen molar-refractivity contribution in [3.8, 4) is 0 Å². The highest BCUT2D eigenvalue weighted by atomic mass is 16.5. The van der Waals surface area contributed by atoms with Crippen molar-refractivity contribution in [2.75, 3.05) is 26.2 Å². The summed E-state index contributed by atoms with van der Waals surface area (Å²) in [7, 11) is 0. The molecule has 2 heterocycles. The molecule has 0 spiro atoms. The standard InChI is InChI=1S/C14H24N2O2/c17-14(16-9-3-1-4-10-16)7-8-15-12-13-6-2-5-11-18-13/h5,11,13,15H,1-4,6-10,12H2. The van der Waals surface area contributed by atoms with E-state index in [4.69, 9.17) is 4.74 Å². The van der Waals surface area contributed by atoms with Crippen molar-refractivity contribution in [3.05, 3.63) is 12.3 Å².